The predicted molar refractivity (Wildman–Crippen MR) is 119 cm³/mol. The maximum Gasteiger partial charge on any atom is 0.309 e. The molecule has 1 fully saturated rings. The summed E-state index contributed by atoms with van der Waals surface area (Å²) in [5.41, 5.74) is 3.22. The Bertz CT molecular complexity index is 862. The number of carbonyl (C=O) groups is 2. The van der Waals surface area contributed by atoms with Crippen molar-refractivity contribution in [3.05, 3.63) is 71.0 Å². The van der Waals surface area contributed by atoms with Gasteiger partial charge in [-0.15, -0.1) is 0 Å². The van der Waals surface area contributed by atoms with Crippen LogP contribution in [0.3, 0.4) is 0 Å². The molecule has 0 saturated carbocycles. The van der Waals surface area contributed by atoms with E-state index < -0.39 is 11.8 Å². The molecule has 1 aliphatic heterocycles. The van der Waals surface area contributed by atoms with Gasteiger partial charge in [-0.3, -0.25) is 14.5 Å². The lowest BCUT2D eigenvalue weighted by atomic mass is 10.0. The molecule has 2 aromatic carbocycles. The molecular weight excluding hydrogens is 395 g/mol. The molecule has 1 aliphatic rings. The smallest absolute Gasteiger partial charge is 0.309 e. The number of amides is 2. The van der Waals surface area contributed by atoms with Crippen LogP contribution < -0.4 is 10.6 Å². The molecule has 0 unspecified atom stereocenters. The quantitative estimate of drug-likeness (QED) is 0.664. The Kier molecular flexibility index (Phi) is 8.14. The summed E-state index contributed by atoms with van der Waals surface area (Å²) in [7, 11) is 2.11. The van der Waals surface area contributed by atoms with Gasteiger partial charge in [-0.05, 0) is 43.7 Å². The van der Waals surface area contributed by atoms with Gasteiger partial charge >= 0.3 is 11.8 Å². The van der Waals surface area contributed by atoms with Gasteiger partial charge in [0.2, 0.25) is 0 Å². The summed E-state index contributed by atoms with van der Waals surface area (Å²) in [5.74, 6) is -1.58. The van der Waals surface area contributed by atoms with Crippen LogP contribution in [0.15, 0.2) is 48.5 Å². The van der Waals surface area contributed by atoms with E-state index in [-0.39, 0.29) is 11.9 Å². The Morgan fingerprint density at radius 1 is 0.935 bits per heavy atom. The highest BCUT2D eigenvalue weighted by molar-refractivity contribution is 6.35. The fourth-order valence-corrected chi connectivity index (χ4v) is 3.70. The zero-order valence-corrected chi connectivity index (χ0v) is 18.2. The van der Waals surface area contributed by atoms with Crippen molar-refractivity contribution < 1.29 is 14.0 Å². The molecule has 31 heavy (non-hydrogen) atoms. The Labute approximate surface area is 183 Å². The molecule has 2 aromatic rings. The number of piperazine rings is 1. The van der Waals surface area contributed by atoms with Crippen LogP contribution in [0.5, 0.6) is 0 Å². The second-order valence-electron chi connectivity index (χ2n) is 8.11. The molecule has 0 radical (unpaired) electrons. The number of hydrogen-bond donors (Lipinski definition) is 2. The lowest BCUT2D eigenvalue weighted by Crippen LogP contribution is -2.49. The Balaban J connectivity index is 1.53. The minimum Gasteiger partial charge on any atom is -0.348 e. The second-order valence-corrected chi connectivity index (χ2v) is 8.11. The molecule has 7 heteroatoms. The largest absolute Gasteiger partial charge is 0.348 e. The van der Waals surface area contributed by atoms with Gasteiger partial charge < -0.3 is 15.5 Å². The van der Waals surface area contributed by atoms with Crippen LogP contribution in [0.4, 0.5) is 4.39 Å². The summed E-state index contributed by atoms with van der Waals surface area (Å²) in [5, 5.41) is 5.44. The van der Waals surface area contributed by atoms with E-state index in [0.717, 1.165) is 37.3 Å². The van der Waals surface area contributed by atoms with Gasteiger partial charge in [0.1, 0.15) is 5.82 Å². The number of benzene rings is 2. The highest BCUT2D eigenvalue weighted by Crippen LogP contribution is 2.22. The molecule has 0 aliphatic carbocycles. The van der Waals surface area contributed by atoms with Gasteiger partial charge in [-0.25, -0.2) is 4.39 Å². The third-order valence-electron chi connectivity index (χ3n) is 5.72. The average molecular weight is 427 g/mol. The van der Waals surface area contributed by atoms with E-state index in [1.165, 1.54) is 17.7 Å². The van der Waals surface area contributed by atoms with Crippen molar-refractivity contribution in [2.24, 2.45) is 0 Å². The molecule has 2 amide bonds. The third kappa shape index (κ3) is 6.87. The molecule has 6 nitrogen and oxygen atoms in total. The Hall–Kier alpha value is -2.77. The first-order valence-electron chi connectivity index (χ1n) is 10.7. The maximum absolute atomic E-state index is 13.0. The SMILES string of the molecule is Cc1ccc([C@@H](CNC(=O)C(=O)NCCc2ccc(F)cc2)N2CCN(C)CC2)cc1. The topological polar surface area (TPSA) is 64.7 Å². The van der Waals surface area contributed by atoms with E-state index >= 15 is 0 Å². The number of nitrogens with one attached hydrogen (secondary N) is 2. The summed E-state index contributed by atoms with van der Waals surface area (Å²) < 4.78 is 13.0. The molecule has 2 N–H and O–H groups in total. The van der Waals surface area contributed by atoms with Crippen LogP contribution in [-0.2, 0) is 16.0 Å². The van der Waals surface area contributed by atoms with Gasteiger partial charge in [0.05, 0.1) is 6.04 Å². The minimum absolute atomic E-state index is 0.0188. The Morgan fingerprint density at radius 2 is 1.55 bits per heavy atom. The van der Waals surface area contributed by atoms with Gasteiger partial charge in [0.25, 0.3) is 0 Å². The normalized spacial score (nSPS) is 16.0. The molecule has 3 rings (SSSR count). The number of aryl methyl sites for hydroxylation is 1. The van der Waals surface area contributed by atoms with Gasteiger partial charge in [-0.2, -0.15) is 0 Å². The molecule has 1 atom stereocenters. The van der Waals surface area contributed by atoms with Crippen LogP contribution in [0, 0.1) is 12.7 Å². The molecule has 1 heterocycles. The van der Waals surface area contributed by atoms with E-state index in [4.69, 9.17) is 0 Å². The summed E-state index contributed by atoms with van der Waals surface area (Å²) in [6.07, 6.45) is 0.534. The summed E-state index contributed by atoms with van der Waals surface area (Å²) >= 11 is 0. The van der Waals surface area contributed by atoms with Gasteiger partial charge in [-0.1, -0.05) is 42.0 Å². The zero-order valence-electron chi connectivity index (χ0n) is 18.2. The summed E-state index contributed by atoms with van der Waals surface area (Å²) in [6, 6.07) is 14.4. The second kappa shape index (κ2) is 11.0. The van der Waals surface area contributed by atoms with E-state index in [0.29, 0.717) is 19.5 Å². The molecule has 166 valence electrons. The standard InChI is InChI=1S/C24H31FN4O2/c1-18-3-7-20(8-4-18)22(29-15-13-28(2)14-16-29)17-27-24(31)23(30)26-12-11-19-5-9-21(25)10-6-19/h3-10,22H,11-17H2,1-2H3,(H,26,30)(H,27,31)/t22-/m1/s1. The molecular formula is C24H31FN4O2. The van der Waals surface area contributed by atoms with Crippen molar-refractivity contribution in [3.8, 4) is 0 Å². The van der Waals surface area contributed by atoms with Crippen LogP contribution in [0.25, 0.3) is 0 Å². The van der Waals surface area contributed by atoms with Crippen molar-refractivity contribution in [1.82, 2.24) is 20.4 Å². The third-order valence-corrected chi connectivity index (χ3v) is 5.72. The van der Waals surface area contributed by atoms with Crippen LogP contribution >= 0.6 is 0 Å². The first-order valence-corrected chi connectivity index (χ1v) is 10.7. The Morgan fingerprint density at radius 3 is 2.19 bits per heavy atom. The van der Waals surface area contributed by atoms with Crippen molar-refractivity contribution in [2.45, 2.75) is 19.4 Å². The molecule has 0 aromatic heterocycles. The molecule has 0 spiro atoms. The zero-order chi connectivity index (χ0) is 22.2. The van der Waals surface area contributed by atoms with E-state index in [2.05, 4.69) is 51.7 Å². The fourth-order valence-electron chi connectivity index (χ4n) is 3.70. The molecule has 0 bridgehead atoms. The highest BCUT2D eigenvalue weighted by atomic mass is 19.1. The number of carbonyl (C=O) groups excluding carboxylic acids is 2. The van der Waals surface area contributed by atoms with E-state index in [1.54, 1.807) is 12.1 Å². The lowest BCUT2D eigenvalue weighted by Gasteiger charge is -2.38. The van der Waals surface area contributed by atoms with Crippen molar-refractivity contribution in [2.75, 3.05) is 46.3 Å². The predicted octanol–water partition coefficient (Wildman–Crippen LogP) is 1.90. The highest BCUT2D eigenvalue weighted by Gasteiger charge is 2.25. The number of rotatable bonds is 7. The number of hydrogen-bond acceptors (Lipinski definition) is 4. The van der Waals surface area contributed by atoms with Crippen molar-refractivity contribution >= 4 is 11.8 Å². The average Bonchev–Trinajstić information content (AvgIpc) is 2.77. The fraction of sp³-hybridized carbons (Fsp3) is 0.417. The minimum atomic E-state index is -0.650. The van der Waals surface area contributed by atoms with E-state index in [9.17, 15) is 14.0 Å². The molecule has 1 saturated heterocycles. The van der Waals surface area contributed by atoms with Crippen molar-refractivity contribution in [3.63, 3.8) is 0 Å². The maximum atomic E-state index is 13.0. The number of nitrogens with zero attached hydrogens (tertiary/aromatic N) is 2. The first-order chi connectivity index (χ1) is 14.9. The number of likely N-dealkylation sites (N-methyl/N-ethyl adjacent to an activating group) is 1. The lowest BCUT2D eigenvalue weighted by molar-refractivity contribution is -0.139. The van der Waals surface area contributed by atoms with Crippen LogP contribution in [0.1, 0.15) is 22.7 Å². The van der Waals surface area contributed by atoms with Crippen molar-refractivity contribution in [1.29, 1.82) is 0 Å². The number of halogens is 1. The van der Waals surface area contributed by atoms with Gasteiger partial charge in [0, 0.05) is 39.3 Å². The van der Waals surface area contributed by atoms with Crippen LogP contribution in [-0.4, -0.2) is 67.9 Å². The summed E-state index contributed by atoms with van der Waals surface area (Å²) in [4.78, 5) is 29.2. The van der Waals surface area contributed by atoms with Gasteiger partial charge in [0.15, 0.2) is 0 Å². The first kappa shape index (κ1) is 22.9. The van der Waals surface area contributed by atoms with Crippen LogP contribution in [0.2, 0.25) is 0 Å². The summed E-state index contributed by atoms with van der Waals surface area (Å²) in [6.45, 7) is 6.51. The monoisotopic (exact) mass is 426 g/mol. The van der Waals surface area contributed by atoms with E-state index in [1.807, 2.05) is 6.92 Å².